The molecule has 0 spiro atoms. The van der Waals surface area contributed by atoms with Gasteiger partial charge >= 0.3 is 5.97 Å². The van der Waals surface area contributed by atoms with Crippen LogP contribution in [0.5, 0.6) is 0 Å². The predicted octanol–water partition coefficient (Wildman–Crippen LogP) is 3.83. The standard InChI is InChI=1S/C20H27N3O3/c1-6-13(3)16-8-10-17(11-9-16)21-18(24)12-23-15(5)19(14(4)22-23)20(25)26-7-2/h8-11,13H,6-7,12H2,1-5H3,(H,21,24)/t13-/m1/s1. The fourth-order valence-electron chi connectivity index (χ4n) is 2.82. The van der Waals surface area contributed by atoms with E-state index >= 15 is 0 Å². The summed E-state index contributed by atoms with van der Waals surface area (Å²) >= 11 is 0. The molecule has 2 aromatic rings. The third-order valence-electron chi connectivity index (χ3n) is 4.53. The highest BCUT2D eigenvalue weighted by Crippen LogP contribution is 2.20. The number of benzene rings is 1. The van der Waals surface area contributed by atoms with Crippen molar-refractivity contribution in [3.05, 3.63) is 46.8 Å². The number of rotatable bonds is 7. The summed E-state index contributed by atoms with van der Waals surface area (Å²) in [4.78, 5) is 24.3. The van der Waals surface area contributed by atoms with Crippen LogP contribution in [0.1, 0.15) is 60.4 Å². The van der Waals surface area contributed by atoms with Gasteiger partial charge in [-0.3, -0.25) is 9.48 Å². The number of carbonyl (C=O) groups excluding carboxylic acids is 2. The zero-order chi connectivity index (χ0) is 19.3. The van der Waals surface area contributed by atoms with Gasteiger partial charge in [0, 0.05) is 5.69 Å². The Morgan fingerprint density at radius 3 is 2.42 bits per heavy atom. The molecule has 6 heteroatoms. The molecule has 0 aliphatic rings. The van der Waals surface area contributed by atoms with Crippen LogP contribution in [0.2, 0.25) is 0 Å². The summed E-state index contributed by atoms with van der Waals surface area (Å²) in [7, 11) is 0. The van der Waals surface area contributed by atoms with Gasteiger partial charge in [-0.2, -0.15) is 5.10 Å². The lowest BCUT2D eigenvalue weighted by Crippen LogP contribution is -2.20. The van der Waals surface area contributed by atoms with E-state index < -0.39 is 5.97 Å². The van der Waals surface area contributed by atoms with Crippen LogP contribution in [0.3, 0.4) is 0 Å². The number of ether oxygens (including phenoxy) is 1. The first kappa shape index (κ1) is 19.7. The molecule has 1 heterocycles. The molecule has 0 fully saturated rings. The number of nitrogens with one attached hydrogen (secondary N) is 1. The summed E-state index contributed by atoms with van der Waals surface area (Å²) in [6.07, 6.45) is 1.08. The van der Waals surface area contributed by atoms with Crippen LogP contribution in [-0.4, -0.2) is 28.3 Å². The number of aromatic nitrogens is 2. The van der Waals surface area contributed by atoms with E-state index in [9.17, 15) is 9.59 Å². The van der Waals surface area contributed by atoms with E-state index in [1.807, 2.05) is 24.3 Å². The van der Waals surface area contributed by atoms with Gasteiger partial charge in [0.15, 0.2) is 0 Å². The van der Waals surface area contributed by atoms with Crippen molar-refractivity contribution in [2.24, 2.45) is 0 Å². The predicted molar refractivity (Wildman–Crippen MR) is 101 cm³/mol. The van der Waals surface area contributed by atoms with Crippen LogP contribution in [-0.2, 0) is 16.1 Å². The Balaban J connectivity index is 2.06. The van der Waals surface area contributed by atoms with E-state index in [4.69, 9.17) is 4.74 Å². The van der Waals surface area contributed by atoms with Gasteiger partial charge in [-0.05, 0) is 50.8 Å². The van der Waals surface area contributed by atoms with Gasteiger partial charge in [0.1, 0.15) is 12.1 Å². The van der Waals surface area contributed by atoms with Crippen LogP contribution in [0.25, 0.3) is 0 Å². The lowest BCUT2D eigenvalue weighted by molar-refractivity contribution is -0.116. The van der Waals surface area contributed by atoms with E-state index in [0.717, 1.165) is 12.1 Å². The molecule has 0 radical (unpaired) electrons. The van der Waals surface area contributed by atoms with Crippen molar-refractivity contribution in [3.63, 3.8) is 0 Å². The van der Waals surface area contributed by atoms with Crippen molar-refractivity contribution in [3.8, 4) is 0 Å². The van der Waals surface area contributed by atoms with E-state index in [-0.39, 0.29) is 12.5 Å². The molecule has 2 rings (SSSR count). The van der Waals surface area contributed by atoms with Crippen LogP contribution in [0.4, 0.5) is 5.69 Å². The van der Waals surface area contributed by atoms with Crippen LogP contribution < -0.4 is 5.32 Å². The second-order valence-corrected chi connectivity index (χ2v) is 6.40. The lowest BCUT2D eigenvalue weighted by Gasteiger charge is -2.11. The molecule has 0 unspecified atom stereocenters. The lowest BCUT2D eigenvalue weighted by atomic mass is 9.99. The molecule has 1 amide bonds. The normalized spacial score (nSPS) is 11.9. The van der Waals surface area contributed by atoms with Gasteiger partial charge in [-0.1, -0.05) is 26.0 Å². The van der Waals surface area contributed by atoms with Crippen molar-refractivity contribution >= 4 is 17.6 Å². The van der Waals surface area contributed by atoms with E-state index in [0.29, 0.717) is 29.5 Å². The third-order valence-corrected chi connectivity index (χ3v) is 4.53. The first-order valence-corrected chi connectivity index (χ1v) is 8.98. The fraction of sp³-hybridized carbons (Fsp3) is 0.450. The minimum atomic E-state index is -0.408. The average molecular weight is 357 g/mol. The largest absolute Gasteiger partial charge is 0.462 e. The molecule has 0 aliphatic heterocycles. The molecular weight excluding hydrogens is 330 g/mol. The molecule has 0 saturated heterocycles. The van der Waals surface area contributed by atoms with E-state index in [2.05, 4.69) is 24.3 Å². The van der Waals surface area contributed by atoms with Crippen molar-refractivity contribution in [2.75, 3.05) is 11.9 Å². The van der Waals surface area contributed by atoms with Gasteiger partial charge in [0.25, 0.3) is 0 Å². The van der Waals surface area contributed by atoms with Crippen LogP contribution >= 0.6 is 0 Å². The fourth-order valence-corrected chi connectivity index (χ4v) is 2.82. The third kappa shape index (κ3) is 4.50. The molecule has 1 aromatic carbocycles. The van der Waals surface area contributed by atoms with Gasteiger partial charge in [0.2, 0.25) is 5.91 Å². The number of aryl methyl sites for hydroxylation is 1. The minimum Gasteiger partial charge on any atom is -0.462 e. The number of carbonyl (C=O) groups is 2. The van der Waals surface area contributed by atoms with Crippen molar-refractivity contribution < 1.29 is 14.3 Å². The van der Waals surface area contributed by atoms with Crippen LogP contribution in [0, 0.1) is 13.8 Å². The Labute approximate surface area is 154 Å². The molecule has 6 nitrogen and oxygen atoms in total. The Hall–Kier alpha value is -2.63. The summed E-state index contributed by atoms with van der Waals surface area (Å²) < 4.78 is 6.58. The van der Waals surface area contributed by atoms with Crippen molar-refractivity contribution in [1.29, 1.82) is 0 Å². The summed E-state index contributed by atoms with van der Waals surface area (Å²) in [6, 6.07) is 7.88. The van der Waals surface area contributed by atoms with Crippen LogP contribution in [0.15, 0.2) is 24.3 Å². The highest BCUT2D eigenvalue weighted by Gasteiger charge is 2.20. The van der Waals surface area contributed by atoms with Crippen molar-refractivity contribution in [2.45, 2.75) is 53.5 Å². The highest BCUT2D eigenvalue weighted by molar-refractivity contribution is 5.93. The molecule has 26 heavy (non-hydrogen) atoms. The van der Waals surface area contributed by atoms with Gasteiger partial charge in [0.05, 0.1) is 18.0 Å². The Morgan fingerprint density at radius 2 is 1.85 bits per heavy atom. The number of esters is 1. The molecule has 1 N–H and O–H groups in total. The zero-order valence-electron chi connectivity index (χ0n) is 16.1. The molecular formula is C20H27N3O3. The second-order valence-electron chi connectivity index (χ2n) is 6.40. The smallest absolute Gasteiger partial charge is 0.341 e. The quantitative estimate of drug-likeness (QED) is 0.764. The Bertz CT molecular complexity index is 778. The maximum atomic E-state index is 12.3. The summed E-state index contributed by atoms with van der Waals surface area (Å²) in [5.74, 6) is -0.104. The zero-order valence-corrected chi connectivity index (χ0v) is 16.1. The average Bonchev–Trinajstić information content (AvgIpc) is 2.88. The van der Waals surface area contributed by atoms with Crippen molar-refractivity contribution in [1.82, 2.24) is 9.78 Å². The molecule has 1 atom stereocenters. The summed E-state index contributed by atoms with van der Waals surface area (Å²) in [5.41, 5.74) is 3.62. The molecule has 0 bridgehead atoms. The minimum absolute atomic E-state index is 0.0409. The number of hydrogen-bond acceptors (Lipinski definition) is 4. The summed E-state index contributed by atoms with van der Waals surface area (Å²) in [6.45, 7) is 9.93. The first-order chi connectivity index (χ1) is 12.4. The van der Waals surface area contributed by atoms with Gasteiger partial charge in [-0.15, -0.1) is 0 Å². The number of anilines is 1. The number of amides is 1. The SMILES string of the molecule is CCOC(=O)c1c(C)nn(CC(=O)Nc2ccc([C@H](C)CC)cc2)c1C. The maximum Gasteiger partial charge on any atom is 0.341 e. The second kappa shape index (κ2) is 8.65. The molecule has 0 aliphatic carbocycles. The van der Waals surface area contributed by atoms with E-state index in [1.54, 1.807) is 20.8 Å². The highest BCUT2D eigenvalue weighted by atomic mass is 16.5. The monoisotopic (exact) mass is 357 g/mol. The molecule has 140 valence electrons. The summed E-state index contributed by atoms with van der Waals surface area (Å²) in [5, 5.41) is 7.17. The topological polar surface area (TPSA) is 73.2 Å². The number of nitrogens with zero attached hydrogens (tertiary/aromatic N) is 2. The number of hydrogen-bond donors (Lipinski definition) is 1. The van der Waals surface area contributed by atoms with Gasteiger partial charge < -0.3 is 10.1 Å². The first-order valence-electron chi connectivity index (χ1n) is 8.98. The van der Waals surface area contributed by atoms with Gasteiger partial charge in [-0.25, -0.2) is 4.79 Å². The van der Waals surface area contributed by atoms with E-state index in [1.165, 1.54) is 10.2 Å². The Kier molecular flexibility index (Phi) is 6.55. The molecule has 0 saturated carbocycles. The maximum absolute atomic E-state index is 12.3. The molecule has 1 aromatic heterocycles. The Morgan fingerprint density at radius 1 is 1.19 bits per heavy atom.